The number of hydrogen-bond acceptors (Lipinski definition) is 4. The first-order valence-electron chi connectivity index (χ1n) is 7.16. The summed E-state index contributed by atoms with van der Waals surface area (Å²) >= 11 is 0. The van der Waals surface area contributed by atoms with E-state index in [1.54, 1.807) is 18.2 Å². The van der Waals surface area contributed by atoms with Gasteiger partial charge in [0.1, 0.15) is 11.5 Å². The molecule has 2 heterocycles. The second-order valence-corrected chi connectivity index (χ2v) is 5.81. The van der Waals surface area contributed by atoms with Gasteiger partial charge in [0.2, 0.25) is 0 Å². The summed E-state index contributed by atoms with van der Waals surface area (Å²) < 4.78 is 0. The Hall–Kier alpha value is -1.26. The van der Waals surface area contributed by atoms with Gasteiger partial charge in [0, 0.05) is 31.2 Å². The molecule has 104 valence electrons. The Balaban J connectivity index is 1.81. The molecule has 0 aromatic heterocycles. The van der Waals surface area contributed by atoms with Crippen molar-refractivity contribution in [2.24, 2.45) is 0 Å². The van der Waals surface area contributed by atoms with Crippen molar-refractivity contribution in [2.75, 3.05) is 13.1 Å². The number of likely N-dealkylation sites (tertiary alicyclic amines) is 1. The van der Waals surface area contributed by atoms with Crippen molar-refractivity contribution in [3.05, 3.63) is 23.8 Å². The molecule has 0 spiro atoms. The smallest absolute Gasteiger partial charge is 0.124 e. The molecule has 3 rings (SSSR count). The Kier molecular flexibility index (Phi) is 3.37. The van der Waals surface area contributed by atoms with Gasteiger partial charge < -0.3 is 15.5 Å². The minimum Gasteiger partial charge on any atom is -0.507 e. The zero-order valence-electron chi connectivity index (χ0n) is 11.3. The van der Waals surface area contributed by atoms with Crippen LogP contribution in [0.15, 0.2) is 18.2 Å². The van der Waals surface area contributed by atoms with Crippen LogP contribution in [0.5, 0.6) is 11.5 Å². The van der Waals surface area contributed by atoms with Gasteiger partial charge in [0.25, 0.3) is 0 Å². The number of hydrogen-bond donors (Lipinski definition) is 3. The number of nitrogens with zero attached hydrogens (tertiary/aromatic N) is 1. The second kappa shape index (κ2) is 5.02. The fraction of sp³-hybridized carbons (Fsp3) is 0.600. The minimum absolute atomic E-state index is 0.0438. The summed E-state index contributed by atoms with van der Waals surface area (Å²) in [7, 11) is 0. The molecule has 3 N–H and O–H groups in total. The van der Waals surface area contributed by atoms with E-state index in [9.17, 15) is 10.2 Å². The molecule has 1 aromatic carbocycles. The molecule has 3 atom stereocenters. The largest absolute Gasteiger partial charge is 0.507 e. The number of aromatic hydroxyl groups is 2. The molecular weight excluding hydrogens is 240 g/mol. The normalized spacial score (nSPS) is 29.1. The number of rotatable bonds is 2. The van der Waals surface area contributed by atoms with Crippen LogP contribution in [0.1, 0.15) is 37.8 Å². The summed E-state index contributed by atoms with van der Waals surface area (Å²) in [5.74, 6) is 0.379. The zero-order chi connectivity index (χ0) is 13.4. The van der Waals surface area contributed by atoms with E-state index < -0.39 is 0 Å². The molecule has 1 aromatic rings. The van der Waals surface area contributed by atoms with Crippen LogP contribution in [0, 0.1) is 0 Å². The molecule has 0 aliphatic carbocycles. The number of phenols is 2. The zero-order valence-corrected chi connectivity index (χ0v) is 11.3. The van der Waals surface area contributed by atoms with Crippen LogP contribution < -0.4 is 5.32 Å². The van der Waals surface area contributed by atoms with Crippen molar-refractivity contribution in [1.82, 2.24) is 10.2 Å². The molecule has 4 heteroatoms. The summed E-state index contributed by atoms with van der Waals surface area (Å²) in [4.78, 5) is 2.37. The molecule has 0 amide bonds. The van der Waals surface area contributed by atoms with Gasteiger partial charge in [-0.15, -0.1) is 0 Å². The topological polar surface area (TPSA) is 55.7 Å². The lowest BCUT2D eigenvalue weighted by molar-refractivity contribution is 0.193. The van der Waals surface area contributed by atoms with E-state index in [0.717, 1.165) is 19.5 Å². The van der Waals surface area contributed by atoms with Crippen molar-refractivity contribution in [2.45, 2.75) is 44.3 Å². The molecule has 19 heavy (non-hydrogen) atoms. The second-order valence-electron chi connectivity index (χ2n) is 5.81. The lowest BCUT2D eigenvalue weighted by Gasteiger charge is -2.31. The van der Waals surface area contributed by atoms with Gasteiger partial charge in [-0.2, -0.15) is 0 Å². The molecule has 2 saturated heterocycles. The average Bonchev–Trinajstić information content (AvgIpc) is 2.68. The van der Waals surface area contributed by atoms with Gasteiger partial charge >= 0.3 is 0 Å². The van der Waals surface area contributed by atoms with E-state index in [2.05, 4.69) is 17.1 Å². The van der Waals surface area contributed by atoms with Gasteiger partial charge in [-0.1, -0.05) is 6.07 Å². The molecule has 3 unspecified atom stereocenters. The maximum absolute atomic E-state index is 9.99. The summed E-state index contributed by atoms with van der Waals surface area (Å²) in [6.07, 6.45) is 3.67. The monoisotopic (exact) mass is 262 g/mol. The van der Waals surface area contributed by atoms with E-state index in [1.807, 2.05) is 0 Å². The first kappa shape index (κ1) is 12.8. The van der Waals surface area contributed by atoms with Crippen molar-refractivity contribution in [3.63, 3.8) is 0 Å². The van der Waals surface area contributed by atoms with Crippen LogP contribution >= 0.6 is 0 Å². The molecule has 0 saturated carbocycles. The lowest BCUT2D eigenvalue weighted by atomic mass is 10.0. The molecule has 2 fully saturated rings. The Morgan fingerprint density at radius 1 is 1.16 bits per heavy atom. The number of phenolic OH excluding ortho intramolecular Hbond substituents is 2. The van der Waals surface area contributed by atoms with Crippen LogP contribution in [0.25, 0.3) is 0 Å². The third-order valence-corrected chi connectivity index (χ3v) is 4.58. The van der Waals surface area contributed by atoms with Crippen LogP contribution in [0.3, 0.4) is 0 Å². The Morgan fingerprint density at radius 3 is 2.58 bits per heavy atom. The predicted molar refractivity (Wildman–Crippen MR) is 74.3 cm³/mol. The average molecular weight is 262 g/mol. The standard InChI is InChI=1S/C15H22N2O2/c1-10(15-13(18)3-2-4-14(15)19)17-8-7-11-5-6-12(9-17)16-11/h2-4,10-12,16,18-19H,5-9H2,1H3. The highest BCUT2D eigenvalue weighted by Crippen LogP contribution is 2.36. The quantitative estimate of drug-likeness (QED) is 0.763. The fourth-order valence-corrected chi connectivity index (χ4v) is 3.47. The van der Waals surface area contributed by atoms with Crippen LogP contribution in [-0.4, -0.2) is 40.3 Å². The molecule has 2 aliphatic heterocycles. The highest BCUT2D eigenvalue weighted by molar-refractivity contribution is 5.45. The van der Waals surface area contributed by atoms with E-state index in [-0.39, 0.29) is 17.5 Å². The van der Waals surface area contributed by atoms with Gasteiger partial charge in [-0.05, 0) is 38.3 Å². The Morgan fingerprint density at radius 2 is 1.84 bits per heavy atom. The maximum atomic E-state index is 9.99. The summed E-state index contributed by atoms with van der Waals surface area (Å²) in [5.41, 5.74) is 0.653. The minimum atomic E-state index is 0.0438. The van der Waals surface area contributed by atoms with Crippen LogP contribution in [0.2, 0.25) is 0 Å². The third kappa shape index (κ3) is 2.42. The summed E-state index contributed by atoms with van der Waals surface area (Å²) in [6, 6.07) is 6.22. The Bertz CT molecular complexity index is 443. The Labute approximate surface area is 114 Å². The first-order valence-corrected chi connectivity index (χ1v) is 7.16. The fourth-order valence-electron chi connectivity index (χ4n) is 3.47. The third-order valence-electron chi connectivity index (χ3n) is 4.58. The van der Waals surface area contributed by atoms with Crippen molar-refractivity contribution < 1.29 is 10.2 Å². The lowest BCUT2D eigenvalue weighted by Crippen LogP contribution is -2.36. The highest BCUT2D eigenvalue weighted by Gasteiger charge is 2.32. The van der Waals surface area contributed by atoms with Gasteiger partial charge in [-0.3, -0.25) is 4.90 Å². The van der Waals surface area contributed by atoms with Crippen molar-refractivity contribution in [3.8, 4) is 11.5 Å². The maximum Gasteiger partial charge on any atom is 0.124 e. The molecule has 2 aliphatic rings. The summed E-state index contributed by atoms with van der Waals surface area (Å²) in [5, 5.41) is 23.6. The number of nitrogens with one attached hydrogen (secondary N) is 1. The van der Waals surface area contributed by atoms with Gasteiger partial charge in [0.15, 0.2) is 0 Å². The van der Waals surface area contributed by atoms with E-state index in [0.29, 0.717) is 17.6 Å². The van der Waals surface area contributed by atoms with Crippen molar-refractivity contribution in [1.29, 1.82) is 0 Å². The SMILES string of the molecule is CC(c1c(O)cccc1O)N1CCC2CCC(C1)N2. The van der Waals surface area contributed by atoms with Gasteiger partial charge in [-0.25, -0.2) is 0 Å². The van der Waals surface area contributed by atoms with Crippen LogP contribution in [-0.2, 0) is 0 Å². The van der Waals surface area contributed by atoms with Gasteiger partial charge in [0.05, 0.1) is 5.56 Å². The number of benzene rings is 1. The molecule has 0 radical (unpaired) electrons. The number of fused-ring (bicyclic) bond motifs is 2. The first-order chi connectivity index (χ1) is 9.15. The molecule has 2 bridgehead atoms. The predicted octanol–water partition coefficient (Wildman–Crippen LogP) is 1.99. The van der Waals surface area contributed by atoms with E-state index >= 15 is 0 Å². The van der Waals surface area contributed by atoms with E-state index in [4.69, 9.17) is 0 Å². The molecular formula is C15H22N2O2. The summed E-state index contributed by atoms with van der Waals surface area (Å²) in [6.45, 7) is 4.07. The highest BCUT2D eigenvalue weighted by atomic mass is 16.3. The van der Waals surface area contributed by atoms with E-state index in [1.165, 1.54) is 12.8 Å². The van der Waals surface area contributed by atoms with Crippen molar-refractivity contribution >= 4 is 0 Å². The molecule has 4 nitrogen and oxygen atoms in total. The van der Waals surface area contributed by atoms with Crippen LogP contribution in [0.4, 0.5) is 0 Å².